The van der Waals surface area contributed by atoms with Gasteiger partial charge in [-0.15, -0.1) is 0 Å². The Morgan fingerprint density at radius 3 is 2.70 bits per heavy atom. The fraction of sp³-hybridized carbons (Fsp3) is 0.611. The summed E-state index contributed by atoms with van der Waals surface area (Å²) in [5.74, 6) is 0.0672. The van der Waals surface area contributed by atoms with Gasteiger partial charge in [0, 0.05) is 32.2 Å². The van der Waals surface area contributed by atoms with Gasteiger partial charge in [-0.05, 0) is 43.9 Å². The van der Waals surface area contributed by atoms with E-state index in [0.717, 1.165) is 64.2 Å². The van der Waals surface area contributed by atoms with E-state index in [0.29, 0.717) is 16.6 Å². The Hall–Kier alpha value is -1.10. The molecule has 0 aliphatic carbocycles. The lowest BCUT2D eigenvalue weighted by Crippen LogP contribution is -2.44. The second kappa shape index (κ2) is 7.65. The molecule has 0 bridgehead atoms. The molecule has 0 saturated carbocycles. The van der Waals surface area contributed by atoms with Crippen molar-refractivity contribution in [1.82, 2.24) is 9.80 Å². The Morgan fingerprint density at radius 2 is 1.96 bits per heavy atom. The monoisotopic (exact) mass is 336 g/mol. The molecule has 5 heteroatoms. The number of hydrogen-bond acceptors (Lipinski definition) is 3. The molecule has 0 spiro atoms. The Morgan fingerprint density at radius 1 is 1.17 bits per heavy atom. The fourth-order valence-corrected chi connectivity index (χ4v) is 3.87. The molecular formula is C18H25ClN2O2. The van der Waals surface area contributed by atoms with Crippen molar-refractivity contribution >= 4 is 17.5 Å². The second-order valence-corrected chi connectivity index (χ2v) is 6.92. The van der Waals surface area contributed by atoms with Crippen LogP contribution in [0.25, 0.3) is 0 Å². The molecule has 2 aliphatic heterocycles. The van der Waals surface area contributed by atoms with Crippen LogP contribution in [0.15, 0.2) is 18.2 Å². The van der Waals surface area contributed by atoms with Crippen molar-refractivity contribution in [2.24, 2.45) is 0 Å². The van der Waals surface area contributed by atoms with Crippen molar-refractivity contribution in [3.8, 4) is 0 Å². The molecular weight excluding hydrogens is 312 g/mol. The van der Waals surface area contributed by atoms with Gasteiger partial charge in [-0.25, -0.2) is 0 Å². The maximum atomic E-state index is 12.8. The van der Waals surface area contributed by atoms with E-state index in [-0.39, 0.29) is 5.91 Å². The molecule has 1 amide bonds. The van der Waals surface area contributed by atoms with E-state index in [1.165, 1.54) is 0 Å². The molecule has 0 radical (unpaired) electrons. The highest BCUT2D eigenvalue weighted by Gasteiger charge is 2.26. The van der Waals surface area contributed by atoms with Gasteiger partial charge in [-0.3, -0.25) is 9.69 Å². The van der Waals surface area contributed by atoms with E-state index in [1.54, 1.807) is 0 Å². The lowest BCUT2D eigenvalue weighted by molar-refractivity contribution is 0.0135. The number of aryl methyl sites for hydroxylation is 1. The average Bonchev–Trinajstić information content (AvgIpc) is 2.81. The van der Waals surface area contributed by atoms with Crippen LogP contribution in [0.4, 0.5) is 0 Å². The maximum absolute atomic E-state index is 12.8. The predicted molar refractivity (Wildman–Crippen MR) is 92.1 cm³/mol. The summed E-state index contributed by atoms with van der Waals surface area (Å²) >= 11 is 6.27. The van der Waals surface area contributed by atoms with Crippen molar-refractivity contribution in [2.45, 2.75) is 32.2 Å². The quantitative estimate of drug-likeness (QED) is 0.832. The summed E-state index contributed by atoms with van der Waals surface area (Å²) < 4.78 is 5.44. The van der Waals surface area contributed by atoms with Crippen molar-refractivity contribution in [3.05, 3.63) is 34.3 Å². The number of carbonyl (C=O) groups excluding carboxylic acids is 1. The van der Waals surface area contributed by atoms with Crippen LogP contribution >= 0.6 is 11.6 Å². The summed E-state index contributed by atoms with van der Waals surface area (Å²) in [5, 5.41) is 0.559. The number of nitrogens with zero attached hydrogens (tertiary/aromatic N) is 2. The topological polar surface area (TPSA) is 32.8 Å². The first kappa shape index (κ1) is 16.7. The Bertz CT molecular complexity index is 558. The normalized spacial score (nSPS) is 23.6. The number of morpholine rings is 1. The fourth-order valence-electron chi connectivity index (χ4n) is 3.55. The first-order valence-electron chi connectivity index (χ1n) is 8.52. The summed E-state index contributed by atoms with van der Waals surface area (Å²) in [6.07, 6.45) is 3.25. The lowest BCUT2D eigenvalue weighted by atomic mass is 10.1. The maximum Gasteiger partial charge on any atom is 0.255 e. The zero-order chi connectivity index (χ0) is 16.2. The molecule has 2 saturated heterocycles. The Balaban J connectivity index is 1.64. The van der Waals surface area contributed by atoms with Gasteiger partial charge in [0.05, 0.1) is 23.8 Å². The van der Waals surface area contributed by atoms with E-state index < -0.39 is 0 Å². The largest absolute Gasteiger partial charge is 0.379 e. The zero-order valence-corrected chi connectivity index (χ0v) is 14.5. The van der Waals surface area contributed by atoms with Gasteiger partial charge in [0.25, 0.3) is 5.91 Å². The minimum Gasteiger partial charge on any atom is -0.379 e. The van der Waals surface area contributed by atoms with Crippen LogP contribution in [0, 0.1) is 6.92 Å². The van der Waals surface area contributed by atoms with E-state index in [2.05, 4.69) is 4.90 Å². The lowest BCUT2D eigenvalue weighted by Gasteiger charge is -2.34. The van der Waals surface area contributed by atoms with Gasteiger partial charge >= 0.3 is 0 Å². The molecule has 3 rings (SSSR count). The number of rotatable bonds is 2. The Labute approximate surface area is 143 Å². The highest BCUT2D eigenvalue weighted by molar-refractivity contribution is 6.33. The van der Waals surface area contributed by atoms with Crippen molar-refractivity contribution in [1.29, 1.82) is 0 Å². The Kier molecular flexibility index (Phi) is 5.57. The number of carbonyl (C=O) groups is 1. The van der Waals surface area contributed by atoms with Gasteiger partial charge in [-0.2, -0.15) is 0 Å². The molecule has 1 aromatic carbocycles. The number of amides is 1. The summed E-state index contributed by atoms with van der Waals surface area (Å²) in [6.45, 7) is 7.31. The second-order valence-electron chi connectivity index (χ2n) is 6.51. The van der Waals surface area contributed by atoms with E-state index in [9.17, 15) is 4.79 Å². The van der Waals surface area contributed by atoms with Crippen molar-refractivity contribution in [2.75, 3.05) is 39.4 Å². The van der Waals surface area contributed by atoms with Crippen molar-refractivity contribution < 1.29 is 9.53 Å². The molecule has 4 nitrogen and oxygen atoms in total. The van der Waals surface area contributed by atoms with Gasteiger partial charge < -0.3 is 9.64 Å². The number of hydrogen-bond donors (Lipinski definition) is 0. The summed E-state index contributed by atoms with van der Waals surface area (Å²) in [6, 6.07) is 6.24. The summed E-state index contributed by atoms with van der Waals surface area (Å²) in [4.78, 5) is 17.3. The summed E-state index contributed by atoms with van der Waals surface area (Å²) in [5.41, 5.74) is 1.71. The van der Waals surface area contributed by atoms with E-state index in [4.69, 9.17) is 16.3 Å². The molecule has 0 aromatic heterocycles. The number of halogens is 1. The van der Waals surface area contributed by atoms with Gasteiger partial charge in [0.15, 0.2) is 0 Å². The molecule has 0 N–H and O–H groups in total. The van der Waals surface area contributed by atoms with Crippen LogP contribution in [-0.4, -0.2) is 61.1 Å². The highest BCUT2D eigenvalue weighted by atomic mass is 35.5. The zero-order valence-electron chi connectivity index (χ0n) is 13.8. The molecule has 23 heavy (non-hydrogen) atoms. The average molecular weight is 337 g/mol. The minimum atomic E-state index is 0.0672. The van der Waals surface area contributed by atoms with Crippen LogP contribution in [0.1, 0.15) is 35.2 Å². The standard InChI is InChI=1S/C18H25ClN2O2/c1-14-4-5-16(17(19)13-14)18(22)21-7-2-3-15(6-8-21)20-9-11-23-12-10-20/h4-5,13,15H,2-3,6-12H2,1H3. The number of benzene rings is 1. The van der Waals surface area contributed by atoms with Crippen LogP contribution in [0.5, 0.6) is 0 Å². The summed E-state index contributed by atoms with van der Waals surface area (Å²) in [7, 11) is 0. The third-order valence-electron chi connectivity index (χ3n) is 4.90. The van der Waals surface area contributed by atoms with Crippen LogP contribution in [0.3, 0.4) is 0 Å². The molecule has 126 valence electrons. The molecule has 2 heterocycles. The molecule has 2 fully saturated rings. The van der Waals surface area contributed by atoms with Crippen LogP contribution < -0.4 is 0 Å². The molecule has 1 atom stereocenters. The number of ether oxygens (including phenoxy) is 1. The van der Waals surface area contributed by atoms with Gasteiger partial charge in [-0.1, -0.05) is 17.7 Å². The van der Waals surface area contributed by atoms with Crippen molar-refractivity contribution in [3.63, 3.8) is 0 Å². The molecule has 1 aromatic rings. The van der Waals surface area contributed by atoms with E-state index in [1.807, 2.05) is 30.0 Å². The molecule has 1 unspecified atom stereocenters. The third kappa shape index (κ3) is 4.06. The van der Waals surface area contributed by atoms with E-state index >= 15 is 0 Å². The first-order valence-corrected chi connectivity index (χ1v) is 8.90. The molecule has 2 aliphatic rings. The van der Waals surface area contributed by atoms with Crippen LogP contribution in [0.2, 0.25) is 5.02 Å². The smallest absolute Gasteiger partial charge is 0.255 e. The highest BCUT2D eigenvalue weighted by Crippen LogP contribution is 2.23. The van der Waals surface area contributed by atoms with Gasteiger partial charge in [0.2, 0.25) is 0 Å². The third-order valence-corrected chi connectivity index (χ3v) is 5.21. The van der Waals surface area contributed by atoms with Crippen LogP contribution in [-0.2, 0) is 4.74 Å². The predicted octanol–water partition coefficient (Wildman–Crippen LogP) is 2.98. The first-order chi connectivity index (χ1) is 11.1. The van der Waals surface area contributed by atoms with Gasteiger partial charge in [0.1, 0.15) is 0 Å². The number of likely N-dealkylation sites (tertiary alicyclic amines) is 1. The minimum absolute atomic E-state index is 0.0672. The SMILES string of the molecule is Cc1ccc(C(=O)N2CCCC(N3CCOCC3)CC2)c(Cl)c1.